The molecule has 1 nitrogen and oxygen atoms in total. The molecule has 0 aromatic heterocycles. The molecule has 0 fully saturated rings. The van der Waals surface area contributed by atoms with Crippen LogP contribution in [0.25, 0.3) is 0 Å². The first kappa shape index (κ1) is 8.85. The molecule has 0 unspecified atom stereocenters. The molecule has 0 saturated heterocycles. The summed E-state index contributed by atoms with van der Waals surface area (Å²) < 4.78 is 5.15. The molecule has 0 aromatic rings. The minimum Gasteiger partial charge on any atom is -0.497 e. The standard InChI is InChI=1S/C9H13BrO/c10-6-2-1-4-9-5-3-7-11-8-9/h3,5,7H,1-2,4,6,8H2. The van der Waals surface area contributed by atoms with E-state index in [0.29, 0.717) is 0 Å². The van der Waals surface area contributed by atoms with E-state index in [0.717, 1.165) is 11.9 Å². The van der Waals surface area contributed by atoms with Crippen molar-refractivity contribution < 1.29 is 4.74 Å². The summed E-state index contributed by atoms with van der Waals surface area (Å²) in [5, 5.41) is 1.11. The Hall–Kier alpha value is -0.240. The monoisotopic (exact) mass is 216 g/mol. The van der Waals surface area contributed by atoms with E-state index >= 15 is 0 Å². The lowest BCUT2D eigenvalue weighted by Gasteiger charge is -2.08. The topological polar surface area (TPSA) is 9.23 Å². The molecule has 0 N–H and O–H groups in total. The zero-order valence-corrected chi connectivity index (χ0v) is 8.14. The first-order valence-corrected chi connectivity index (χ1v) is 5.08. The van der Waals surface area contributed by atoms with Crippen molar-refractivity contribution in [1.29, 1.82) is 0 Å². The first-order chi connectivity index (χ1) is 5.43. The van der Waals surface area contributed by atoms with E-state index in [9.17, 15) is 0 Å². The average molecular weight is 217 g/mol. The van der Waals surface area contributed by atoms with E-state index in [2.05, 4.69) is 22.0 Å². The third-order valence-corrected chi connectivity index (χ3v) is 2.22. The van der Waals surface area contributed by atoms with Crippen LogP contribution in [0.1, 0.15) is 19.3 Å². The van der Waals surface area contributed by atoms with Crippen molar-refractivity contribution in [3.05, 3.63) is 24.0 Å². The molecule has 0 aliphatic carbocycles. The zero-order chi connectivity index (χ0) is 7.94. The maximum absolute atomic E-state index is 5.15. The van der Waals surface area contributed by atoms with Crippen LogP contribution in [0.2, 0.25) is 0 Å². The summed E-state index contributed by atoms with van der Waals surface area (Å²) in [5.41, 5.74) is 1.41. The second kappa shape index (κ2) is 5.42. The lowest BCUT2D eigenvalue weighted by Crippen LogP contribution is -1.97. The minimum absolute atomic E-state index is 0.790. The predicted molar refractivity (Wildman–Crippen MR) is 50.8 cm³/mol. The molecular formula is C9H13BrO. The van der Waals surface area contributed by atoms with Crippen LogP contribution in [0.15, 0.2) is 24.0 Å². The quantitative estimate of drug-likeness (QED) is 0.519. The van der Waals surface area contributed by atoms with Crippen molar-refractivity contribution in [2.75, 3.05) is 11.9 Å². The van der Waals surface area contributed by atoms with Crippen molar-refractivity contribution in [1.82, 2.24) is 0 Å². The minimum atomic E-state index is 0.790. The van der Waals surface area contributed by atoms with Gasteiger partial charge in [-0.3, -0.25) is 0 Å². The normalized spacial score (nSPS) is 15.9. The molecule has 0 radical (unpaired) electrons. The van der Waals surface area contributed by atoms with Crippen LogP contribution < -0.4 is 0 Å². The number of hydrogen-bond donors (Lipinski definition) is 0. The molecular weight excluding hydrogens is 204 g/mol. The van der Waals surface area contributed by atoms with E-state index in [1.54, 1.807) is 6.26 Å². The third-order valence-electron chi connectivity index (χ3n) is 1.66. The Morgan fingerprint density at radius 2 is 2.36 bits per heavy atom. The van der Waals surface area contributed by atoms with Gasteiger partial charge in [0.25, 0.3) is 0 Å². The van der Waals surface area contributed by atoms with Gasteiger partial charge in [-0.25, -0.2) is 0 Å². The molecule has 1 rings (SSSR count). The SMILES string of the molecule is BrCCCCC1=CC=COC1. The molecule has 1 heterocycles. The highest BCUT2D eigenvalue weighted by molar-refractivity contribution is 9.09. The molecule has 62 valence electrons. The van der Waals surface area contributed by atoms with Gasteiger partial charge in [0.15, 0.2) is 0 Å². The van der Waals surface area contributed by atoms with Gasteiger partial charge in [0.05, 0.1) is 6.26 Å². The molecule has 0 atom stereocenters. The van der Waals surface area contributed by atoms with Crippen molar-refractivity contribution in [2.45, 2.75) is 19.3 Å². The maximum atomic E-state index is 5.15. The lowest BCUT2D eigenvalue weighted by atomic mass is 10.1. The maximum Gasteiger partial charge on any atom is 0.109 e. The summed E-state index contributed by atoms with van der Waals surface area (Å²) in [6.07, 6.45) is 9.55. The second-order valence-electron chi connectivity index (χ2n) is 2.61. The van der Waals surface area contributed by atoms with Crippen LogP contribution in [-0.4, -0.2) is 11.9 Å². The van der Waals surface area contributed by atoms with Crippen LogP contribution in [0, 0.1) is 0 Å². The van der Waals surface area contributed by atoms with Gasteiger partial charge in [-0.15, -0.1) is 0 Å². The summed E-state index contributed by atoms with van der Waals surface area (Å²) in [7, 11) is 0. The number of rotatable bonds is 4. The highest BCUT2D eigenvalue weighted by atomic mass is 79.9. The van der Waals surface area contributed by atoms with Crippen LogP contribution >= 0.6 is 15.9 Å². The summed E-state index contributed by atoms with van der Waals surface area (Å²) in [6, 6.07) is 0. The van der Waals surface area contributed by atoms with Crippen LogP contribution in [0.3, 0.4) is 0 Å². The fourth-order valence-corrected chi connectivity index (χ4v) is 1.43. The lowest BCUT2D eigenvalue weighted by molar-refractivity contribution is 0.271. The van der Waals surface area contributed by atoms with Gasteiger partial charge in [-0.2, -0.15) is 0 Å². The van der Waals surface area contributed by atoms with Crippen LogP contribution in [0.5, 0.6) is 0 Å². The Morgan fingerprint density at radius 3 is 3.00 bits per heavy atom. The molecule has 0 bridgehead atoms. The van der Waals surface area contributed by atoms with Gasteiger partial charge < -0.3 is 4.74 Å². The van der Waals surface area contributed by atoms with E-state index in [1.807, 2.05) is 6.08 Å². The Labute approximate surface area is 76.3 Å². The number of hydrogen-bond acceptors (Lipinski definition) is 1. The van der Waals surface area contributed by atoms with Crippen LogP contribution in [-0.2, 0) is 4.74 Å². The van der Waals surface area contributed by atoms with Gasteiger partial charge in [-0.05, 0) is 30.9 Å². The number of allylic oxidation sites excluding steroid dienone is 2. The summed E-state index contributed by atoms with van der Waals surface area (Å²) in [4.78, 5) is 0. The van der Waals surface area contributed by atoms with Crippen LogP contribution in [0.4, 0.5) is 0 Å². The summed E-state index contributed by atoms with van der Waals surface area (Å²) in [5.74, 6) is 0. The van der Waals surface area contributed by atoms with Gasteiger partial charge in [0.1, 0.15) is 6.61 Å². The molecule has 1 aliphatic heterocycles. The molecule has 0 spiro atoms. The van der Waals surface area contributed by atoms with Gasteiger partial charge in [-0.1, -0.05) is 22.0 Å². The second-order valence-corrected chi connectivity index (χ2v) is 3.40. The number of alkyl halides is 1. The van der Waals surface area contributed by atoms with Crippen molar-refractivity contribution in [2.24, 2.45) is 0 Å². The molecule has 1 aliphatic rings. The van der Waals surface area contributed by atoms with Gasteiger partial charge in [0.2, 0.25) is 0 Å². The molecule has 0 amide bonds. The third kappa shape index (κ3) is 3.61. The number of halogens is 1. The Bertz CT molecular complexity index is 161. The Kier molecular flexibility index (Phi) is 4.36. The molecule has 0 aromatic carbocycles. The smallest absolute Gasteiger partial charge is 0.109 e. The summed E-state index contributed by atoms with van der Waals surface area (Å²) in [6.45, 7) is 0.790. The zero-order valence-electron chi connectivity index (χ0n) is 6.55. The van der Waals surface area contributed by atoms with Crippen molar-refractivity contribution in [3.63, 3.8) is 0 Å². The van der Waals surface area contributed by atoms with Gasteiger partial charge in [0, 0.05) is 5.33 Å². The Balaban J connectivity index is 2.15. The highest BCUT2D eigenvalue weighted by Crippen LogP contribution is 2.11. The van der Waals surface area contributed by atoms with Gasteiger partial charge >= 0.3 is 0 Å². The highest BCUT2D eigenvalue weighted by Gasteiger charge is 1.98. The number of ether oxygens (including phenoxy) is 1. The molecule has 2 heteroatoms. The van der Waals surface area contributed by atoms with E-state index in [-0.39, 0.29) is 0 Å². The average Bonchev–Trinajstić information content (AvgIpc) is 2.07. The largest absolute Gasteiger partial charge is 0.497 e. The predicted octanol–water partition coefficient (Wildman–Crippen LogP) is 3.02. The fourth-order valence-electron chi connectivity index (χ4n) is 1.04. The van der Waals surface area contributed by atoms with E-state index < -0.39 is 0 Å². The van der Waals surface area contributed by atoms with Crippen molar-refractivity contribution in [3.8, 4) is 0 Å². The number of unbranched alkanes of at least 4 members (excludes halogenated alkanes) is 1. The summed E-state index contributed by atoms with van der Waals surface area (Å²) >= 11 is 3.41. The van der Waals surface area contributed by atoms with E-state index in [1.165, 1.54) is 24.8 Å². The fraction of sp³-hybridized carbons (Fsp3) is 0.556. The first-order valence-electron chi connectivity index (χ1n) is 3.95. The molecule has 0 saturated carbocycles. The van der Waals surface area contributed by atoms with Crippen molar-refractivity contribution >= 4 is 15.9 Å². The van der Waals surface area contributed by atoms with E-state index in [4.69, 9.17) is 4.74 Å². The molecule has 11 heavy (non-hydrogen) atoms. The Morgan fingerprint density at radius 1 is 1.45 bits per heavy atom.